The number of allylic oxidation sites excluding steroid dienone is 2. The number of rotatable bonds is 4. The van der Waals surface area contributed by atoms with E-state index in [0.717, 1.165) is 45.5 Å². The number of nitrogens with zero attached hydrogens (tertiary/aromatic N) is 3. The summed E-state index contributed by atoms with van der Waals surface area (Å²) in [5.41, 5.74) is 3.18. The topological polar surface area (TPSA) is 70.2 Å². The molecule has 0 amide bonds. The summed E-state index contributed by atoms with van der Waals surface area (Å²) in [6.07, 6.45) is 7.65. The summed E-state index contributed by atoms with van der Waals surface area (Å²) in [5, 5.41) is 16.7. The molecule has 3 aromatic rings. The van der Waals surface area contributed by atoms with Gasteiger partial charge in [-0.05, 0) is 37.0 Å². The zero-order valence-electron chi connectivity index (χ0n) is 15.7. The molecule has 0 unspecified atom stereocenters. The predicted octanol–water partition coefficient (Wildman–Crippen LogP) is 2.89. The van der Waals surface area contributed by atoms with Crippen LogP contribution in [0.15, 0.2) is 24.3 Å². The van der Waals surface area contributed by atoms with Crippen molar-refractivity contribution in [3.8, 4) is 11.3 Å². The standard InChI is InChI=1S/C21H22FN5/c1-12(2)10-19-23-21(27-25-19)14-6-8-16-18(9-7-14)24-26-20(16)15-5-4-13(3)17(22)11-15/h4-5,7-9,11-12,24H,6,10H2,1-3H3,(H,23,25,27). The SMILES string of the molecule is Cc1ccc(-c2n[nH]c3c2=CCC(c2n[nH]c(CC(C)C)n2)=CC=3)cc1F. The van der Waals surface area contributed by atoms with Crippen LogP contribution in [0.5, 0.6) is 0 Å². The van der Waals surface area contributed by atoms with Gasteiger partial charge in [0.1, 0.15) is 11.6 Å². The van der Waals surface area contributed by atoms with Crippen molar-refractivity contribution in [2.75, 3.05) is 0 Å². The van der Waals surface area contributed by atoms with E-state index in [1.165, 1.54) is 6.07 Å². The molecular formula is C21H22FN5. The molecule has 0 spiro atoms. The largest absolute Gasteiger partial charge is 0.277 e. The lowest BCUT2D eigenvalue weighted by Crippen LogP contribution is -2.22. The Bertz CT molecular complexity index is 1130. The minimum Gasteiger partial charge on any atom is -0.277 e. The molecule has 1 aliphatic rings. The number of nitrogens with one attached hydrogen (secondary N) is 2. The second-order valence-electron chi connectivity index (χ2n) is 7.33. The number of aromatic nitrogens is 5. The Labute approximate surface area is 156 Å². The first-order valence-corrected chi connectivity index (χ1v) is 9.15. The van der Waals surface area contributed by atoms with E-state index in [1.54, 1.807) is 13.0 Å². The van der Waals surface area contributed by atoms with E-state index in [0.29, 0.717) is 17.9 Å². The van der Waals surface area contributed by atoms with Crippen LogP contribution in [0, 0.1) is 18.7 Å². The number of aryl methyl sites for hydroxylation is 1. The van der Waals surface area contributed by atoms with Crippen LogP contribution in [0.4, 0.5) is 4.39 Å². The van der Waals surface area contributed by atoms with Crippen LogP contribution in [0.3, 0.4) is 0 Å². The highest BCUT2D eigenvalue weighted by molar-refractivity contribution is 5.74. The van der Waals surface area contributed by atoms with Gasteiger partial charge in [0.05, 0.1) is 11.0 Å². The Balaban J connectivity index is 1.68. The van der Waals surface area contributed by atoms with Crippen LogP contribution in [-0.4, -0.2) is 25.4 Å². The van der Waals surface area contributed by atoms with Gasteiger partial charge in [0.25, 0.3) is 0 Å². The van der Waals surface area contributed by atoms with E-state index in [9.17, 15) is 4.39 Å². The van der Waals surface area contributed by atoms with Crippen LogP contribution >= 0.6 is 0 Å². The van der Waals surface area contributed by atoms with Crippen molar-refractivity contribution in [3.05, 3.63) is 57.9 Å². The fourth-order valence-corrected chi connectivity index (χ4v) is 3.20. The summed E-state index contributed by atoms with van der Waals surface area (Å²) in [4.78, 5) is 4.61. The van der Waals surface area contributed by atoms with Crippen molar-refractivity contribution < 1.29 is 4.39 Å². The number of aromatic amines is 2. The molecule has 2 N–H and O–H groups in total. The molecule has 0 saturated carbocycles. The predicted molar refractivity (Wildman–Crippen MR) is 104 cm³/mol. The molecule has 0 saturated heterocycles. The maximum Gasteiger partial charge on any atom is 0.177 e. The monoisotopic (exact) mass is 363 g/mol. The average molecular weight is 363 g/mol. The normalized spacial score (nSPS) is 13.6. The minimum atomic E-state index is -0.223. The molecule has 1 aromatic carbocycles. The van der Waals surface area contributed by atoms with E-state index in [1.807, 2.05) is 18.2 Å². The minimum absolute atomic E-state index is 0.223. The molecule has 6 heteroatoms. The molecule has 0 atom stereocenters. The Hall–Kier alpha value is -3.02. The molecule has 2 aromatic heterocycles. The second-order valence-corrected chi connectivity index (χ2v) is 7.33. The third kappa shape index (κ3) is 3.47. The van der Waals surface area contributed by atoms with Crippen LogP contribution in [0.2, 0.25) is 0 Å². The van der Waals surface area contributed by atoms with Crippen molar-refractivity contribution in [2.24, 2.45) is 5.92 Å². The summed E-state index contributed by atoms with van der Waals surface area (Å²) in [7, 11) is 0. The first kappa shape index (κ1) is 17.4. The molecule has 5 nitrogen and oxygen atoms in total. The smallest absolute Gasteiger partial charge is 0.177 e. The van der Waals surface area contributed by atoms with Gasteiger partial charge in [-0.25, -0.2) is 9.37 Å². The van der Waals surface area contributed by atoms with Crippen LogP contribution in [0.25, 0.3) is 29.0 Å². The number of hydrogen-bond acceptors (Lipinski definition) is 3. The summed E-state index contributed by atoms with van der Waals surface area (Å²) >= 11 is 0. The summed E-state index contributed by atoms with van der Waals surface area (Å²) in [6.45, 7) is 6.07. The lowest BCUT2D eigenvalue weighted by atomic mass is 10.1. The quantitative estimate of drug-likeness (QED) is 0.749. The van der Waals surface area contributed by atoms with Crippen molar-refractivity contribution in [1.29, 1.82) is 0 Å². The zero-order valence-corrected chi connectivity index (χ0v) is 15.7. The molecule has 138 valence electrons. The van der Waals surface area contributed by atoms with Crippen molar-refractivity contribution in [3.63, 3.8) is 0 Å². The van der Waals surface area contributed by atoms with Crippen molar-refractivity contribution in [2.45, 2.75) is 33.6 Å². The summed E-state index contributed by atoms with van der Waals surface area (Å²) in [5.74, 6) is 1.93. The maximum absolute atomic E-state index is 14.0. The van der Waals surface area contributed by atoms with Gasteiger partial charge in [-0.3, -0.25) is 10.2 Å². The highest BCUT2D eigenvalue weighted by Gasteiger charge is 2.13. The summed E-state index contributed by atoms with van der Waals surface area (Å²) < 4.78 is 14.0. The molecule has 2 heterocycles. The molecule has 27 heavy (non-hydrogen) atoms. The molecule has 0 fully saturated rings. The van der Waals surface area contributed by atoms with E-state index < -0.39 is 0 Å². The van der Waals surface area contributed by atoms with Gasteiger partial charge in [0.15, 0.2) is 5.82 Å². The molecular weight excluding hydrogens is 341 g/mol. The Morgan fingerprint density at radius 3 is 2.78 bits per heavy atom. The molecule has 1 aliphatic carbocycles. The number of benzene rings is 1. The number of halogens is 1. The third-order valence-corrected chi connectivity index (χ3v) is 4.68. The molecule has 0 bridgehead atoms. The van der Waals surface area contributed by atoms with E-state index in [-0.39, 0.29) is 5.82 Å². The van der Waals surface area contributed by atoms with Gasteiger partial charge in [-0.1, -0.05) is 38.1 Å². The number of hydrogen-bond donors (Lipinski definition) is 2. The highest BCUT2D eigenvalue weighted by atomic mass is 19.1. The highest BCUT2D eigenvalue weighted by Crippen LogP contribution is 2.19. The van der Waals surface area contributed by atoms with Gasteiger partial charge in [0, 0.05) is 22.8 Å². The van der Waals surface area contributed by atoms with Gasteiger partial charge >= 0.3 is 0 Å². The zero-order chi connectivity index (χ0) is 19.0. The second kappa shape index (κ2) is 6.95. The van der Waals surface area contributed by atoms with Gasteiger partial charge in [0.2, 0.25) is 0 Å². The van der Waals surface area contributed by atoms with E-state index >= 15 is 0 Å². The van der Waals surface area contributed by atoms with E-state index in [4.69, 9.17) is 0 Å². The fraction of sp³-hybridized carbons (Fsp3) is 0.286. The average Bonchev–Trinajstić information content (AvgIpc) is 3.19. The van der Waals surface area contributed by atoms with Crippen molar-refractivity contribution in [1.82, 2.24) is 25.4 Å². The van der Waals surface area contributed by atoms with Gasteiger partial charge in [-0.2, -0.15) is 10.2 Å². The Morgan fingerprint density at radius 1 is 1.15 bits per heavy atom. The summed E-state index contributed by atoms with van der Waals surface area (Å²) in [6, 6.07) is 5.21. The van der Waals surface area contributed by atoms with Gasteiger partial charge in [-0.15, -0.1) is 0 Å². The Morgan fingerprint density at radius 2 is 2.00 bits per heavy atom. The number of fused-ring (bicyclic) bond motifs is 1. The maximum atomic E-state index is 14.0. The lowest BCUT2D eigenvalue weighted by molar-refractivity contribution is 0.619. The van der Waals surface area contributed by atoms with Crippen molar-refractivity contribution >= 4 is 17.7 Å². The fourth-order valence-electron chi connectivity index (χ4n) is 3.20. The molecule has 0 aliphatic heterocycles. The third-order valence-electron chi connectivity index (χ3n) is 4.68. The Kier molecular flexibility index (Phi) is 4.48. The van der Waals surface area contributed by atoms with Crippen LogP contribution in [-0.2, 0) is 6.42 Å². The molecule has 0 radical (unpaired) electrons. The van der Waals surface area contributed by atoms with Crippen LogP contribution < -0.4 is 10.6 Å². The molecule has 4 rings (SSSR count). The lowest BCUT2D eigenvalue weighted by Gasteiger charge is -2.01. The first-order valence-electron chi connectivity index (χ1n) is 9.15. The van der Waals surface area contributed by atoms with E-state index in [2.05, 4.69) is 45.3 Å². The first-order chi connectivity index (χ1) is 13.0. The van der Waals surface area contributed by atoms with Gasteiger partial charge < -0.3 is 0 Å². The number of H-pyrrole nitrogens is 2. The van der Waals surface area contributed by atoms with Crippen LogP contribution in [0.1, 0.15) is 37.5 Å².